The summed E-state index contributed by atoms with van der Waals surface area (Å²) < 4.78 is 0. The fourth-order valence-corrected chi connectivity index (χ4v) is 4.75. The molecule has 0 fully saturated rings. The van der Waals surface area contributed by atoms with Gasteiger partial charge in [0.05, 0.1) is 33.9 Å². The number of fused-ring (bicyclic) bond motifs is 2. The summed E-state index contributed by atoms with van der Waals surface area (Å²) in [5, 5.41) is 30.2. The number of nitriles is 1. The lowest BCUT2D eigenvalue weighted by molar-refractivity contribution is -0.138. The summed E-state index contributed by atoms with van der Waals surface area (Å²) in [6.45, 7) is 0.157. The third kappa shape index (κ3) is 5.42. The van der Waals surface area contributed by atoms with Crippen LogP contribution in [0.1, 0.15) is 31.8 Å². The number of hydrogen-bond donors (Lipinski definition) is 5. The molecule has 0 spiro atoms. The minimum Gasteiger partial charge on any atom is -0.480 e. The van der Waals surface area contributed by atoms with Gasteiger partial charge < -0.3 is 21.1 Å². The molecule has 2 aromatic carbocycles. The van der Waals surface area contributed by atoms with Crippen LogP contribution in [0.5, 0.6) is 0 Å². The van der Waals surface area contributed by atoms with Crippen molar-refractivity contribution in [1.29, 1.82) is 5.26 Å². The van der Waals surface area contributed by atoms with Gasteiger partial charge in [-0.3, -0.25) is 20.0 Å². The van der Waals surface area contributed by atoms with E-state index in [0.29, 0.717) is 29.7 Å². The highest BCUT2D eigenvalue weighted by Crippen LogP contribution is 2.35. The van der Waals surface area contributed by atoms with E-state index in [2.05, 4.69) is 25.8 Å². The van der Waals surface area contributed by atoms with E-state index >= 15 is 0 Å². The Kier molecular flexibility index (Phi) is 7.47. The topological polar surface area (TPSA) is 190 Å². The van der Waals surface area contributed by atoms with E-state index in [1.807, 2.05) is 6.07 Å². The van der Waals surface area contributed by atoms with Crippen LogP contribution in [0.15, 0.2) is 35.5 Å². The van der Waals surface area contributed by atoms with E-state index < -0.39 is 24.5 Å². The molecule has 6 N–H and O–H groups in total. The summed E-state index contributed by atoms with van der Waals surface area (Å²) in [4.78, 5) is 43.0. The average molecular weight is 543 g/mol. The van der Waals surface area contributed by atoms with Gasteiger partial charge in [0.25, 0.3) is 11.8 Å². The molecule has 190 valence electrons. The van der Waals surface area contributed by atoms with Crippen molar-refractivity contribution in [3.05, 3.63) is 62.8 Å². The van der Waals surface area contributed by atoms with Gasteiger partial charge in [-0.1, -0.05) is 29.3 Å². The van der Waals surface area contributed by atoms with Crippen LogP contribution in [0.4, 0.5) is 0 Å². The van der Waals surface area contributed by atoms with Crippen LogP contribution in [0.25, 0.3) is 10.9 Å². The number of guanidine groups is 1. The Hall–Kier alpha value is -4.34. The van der Waals surface area contributed by atoms with Crippen LogP contribution in [-0.4, -0.2) is 63.1 Å². The molecular formula is C23H20Cl2N8O4. The molecule has 2 heterocycles. The van der Waals surface area contributed by atoms with E-state index in [9.17, 15) is 19.5 Å². The molecule has 0 unspecified atom stereocenters. The van der Waals surface area contributed by atoms with Crippen molar-refractivity contribution < 1.29 is 19.5 Å². The highest BCUT2D eigenvalue weighted by atomic mass is 35.5. The molecule has 3 aromatic rings. The van der Waals surface area contributed by atoms with E-state index in [4.69, 9.17) is 34.2 Å². The molecule has 2 amide bonds. The lowest BCUT2D eigenvalue weighted by Gasteiger charge is -2.30. The first kappa shape index (κ1) is 25.7. The van der Waals surface area contributed by atoms with Gasteiger partial charge in [-0.25, -0.2) is 9.79 Å². The van der Waals surface area contributed by atoms with Crippen LogP contribution in [-0.2, 0) is 17.8 Å². The van der Waals surface area contributed by atoms with Gasteiger partial charge in [0.2, 0.25) is 5.96 Å². The monoisotopic (exact) mass is 542 g/mol. The lowest BCUT2D eigenvalue weighted by Crippen LogP contribution is -2.44. The van der Waals surface area contributed by atoms with Gasteiger partial charge in [0.1, 0.15) is 6.04 Å². The van der Waals surface area contributed by atoms with Crippen LogP contribution in [0.3, 0.4) is 0 Å². The zero-order valence-electron chi connectivity index (χ0n) is 19.1. The summed E-state index contributed by atoms with van der Waals surface area (Å²) in [5.74, 6) is -2.64. The normalized spacial score (nSPS) is 14.0. The molecule has 4 rings (SSSR count). The van der Waals surface area contributed by atoms with Gasteiger partial charge in [-0.05, 0) is 35.7 Å². The van der Waals surface area contributed by atoms with E-state index in [1.54, 1.807) is 35.5 Å². The molecule has 0 aliphatic carbocycles. The molecule has 14 heteroatoms. The largest absolute Gasteiger partial charge is 0.480 e. The highest BCUT2D eigenvalue weighted by Gasteiger charge is 2.29. The van der Waals surface area contributed by atoms with Gasteiger partial charge in [0.15, 0.2) is 6.19 Å². The molecule has 1 aliphatic heterocycles. The standard InChI is InChI=1S/C23H20Cl2N8O4/c24-15-5-13-9-33(21(35)11-1-2-12-7-30-32-16(12)6-11)4-3-14(13)19(25)18(15)20(34)31-17(22(36)37)8-28-23(27)29-10-26/h1-2,5-7,17H,3-4,8-9H2,(H,30,32)(H,31,34)(H,36,37)(H3,27,28,29)/t17-/m0/s1. The van der Waals surface area contributed by atoms with E-state index in [-0.39, 0.29) is 34.0 Å². The first-order valence-corrected chi connectivity index (χ1v) is 11.7. The number of benzene rings is 2. The molecule has 0 radical (unpaired) electrons. The van der Waals surface area contributed by atoms with Crippen molar-refractivity contribution in [3.63, 3.8) is 0 Å². The minimum absolute atomic E-state index is 0.00716. The predicted octanol–water partition coefficient (Wildman–Crippen LogP) is 1.64. The maximum Gasteiger partial charge on any atom is 0.328 e. The SMILES string of the molecule is N#CNC(N)=NC[C@H](NC(=O)c1c(Cl)cc2c(c1Cl)CCN(C(=O)c1ccc3cn[nH]c3c1)C2)C(=O)O. The Balaban J connectivity index is 1.53. The van der Waals surface area contributed by atoms with Gasteiger partial charge in [0, 0.05) is 24.0 Å². The number of carboxylic acid groups (broad SMARTS) is 1. The Morgan fingerprint density at radius 2 is 2.11 bits per heavy atom. The summed E-state index contributed by atoms with van der Waals surface area (Å²) >= 11 is 12.9. The Morgan fingerprint density at radius 3 is 2.84 bits per heavy atom. The number of carbonyl (C=O) groups excluding carboxylic acids is 2. The molecule has 37 heavy (non-hydrogen) atoms. The maximum atomic E-state index is 13.1. The number of nitrogens with one attached hydrogen (secondary N) is 3. The second-order valence-corrected chi connectivity index (χ2v) is 8.95. The number of rotatable bonds is 6. The summed E-state index contributed by atoms with van der Waals surface area (Å²) in [6, 6.07) is 5.39. The van der Waals surface area contributed by atoms with Crippen LogP contribution in [0.2, 0.25) is 10.0 Å². The number of aliphatic carboxylic acids is 1. The van der Waals surface area contributed by atoms with Crippen molar-refractivity contribution in [2.45, 2.75) is 19.0 Å². The van der Waals surface area contributed by atoms with Crippen LogP contribution < -0.4 is 16.4 Å². The fraction of sp³-hybridized carbons (Fsp3) is 0.217. The Morgan fingerprint density at radius 1 is 1.32 bits per heavy atom. The van der Waals surface area contributed by atoms with Crippen molar-refractivity contribution >= 4 is 57.8 Å². The third-order valence-corrected chi connectivity index (χ3v) is 6.55. The molecular weight excluding hydrogens is 523 g/mol. The van der Waals surface area contributed by atoms with Crippen molar-refractivity contribution in [2.24, 2.45) is 10.7 Å². The average Bonchev–Trinajstić information content (AvgIpc) is 3.33. The number of H-pyrrole nitrogens is 1. The third-order valence-electron chi connectivity index (χ3n) is 5.84. The van der Waals surface area contributed by atoms with Gasteiger partial charge >= 0.3 is 5.97 Å². The quantitative estimate of drug-likeness (QED) is 0.134. The molecule has 1 atom stereocenters. The fourth-order valence-electron chi connectivity index (χ4n) is 3.99. The lowest BCUT2D eigenvalue weighted by atomic mass is 9.96. The summed E-state index contributed by atoms with van der Waals surface area (Å²) in [7, 11) is 0. The van der Waals surface area contributed by atoms with Gasteiger partial charge in [-0.15, -0.1) is 0 Å². The Bertz CT molecular complexity index is 1480. The molecule has 0 bridgehead atoms. The molecule has 1 aliphatic rings. The van der Waals surface area contributed by atoms with E-state index in [1.165, 1.54) is 0 Å². The predicted molar refractivity (Wildman–Crippen MR) is 135 cm³/mol. The number of aromatic amines is 1. The summed E-state index contributed by atoms with van der Waals surface area (Å²) in [5.41, 5.74) is 7.93. The molecule has 1 aromatic heterocycles. The maximum absolute atomic E-state index is 13.1. The van der Waals surface area contributed by atoms with Crippen molar-refractivity contribution in [1.82, 2.24) is 25.7 Å². The number of aliphatic imine (C=N–C) groups is 1. The van der Waals surface area contributed by atoms with Gasteiger partial charge in [-0.2, -0.15) is 10.4 Å². The second kappa shape index (κ2) is 10.7. The number of hydrogen-bond acceptors (Lipinski definition) is 6. The number of nitrogens with zero attached hydrogens (tertiary/aromatic N) is 4. The number of amides is 2. The van der Waals surface area contributed by atoms with Crippen molar-refractivity contribution in [2.75, 3.05) is 13.1 Å². The number of aromatic nitrogens is 2. The molecule has 0 saturated heterocycles. The van der Waals surface area contributed by atoms with Crippen LogP contribution >= 0.6 is 23.2 Å². The van der Waals surface area contributed by atoms with Crippen LogP contribution in [0, 0.1) is 11.5 Å². The highest BCUT2D eigenvalue weighted by molar-refractivity contribution is 6.40. The smallest absolute Gasteiger partial charge is 0.328 e. The second-order valence-electron chi connectivity index (χ2n) is 8.16. The zero-order chi connectivity index (χ0) is 26.7. The number of carboxylic acids is 1. The first-order valence-electron chi connectivity index (χ1n) is 10.9. The number of carbonyl (C=O) groups is 3. The van der Waals surface area contributed by atoms with E-state index in [0.717, 1.165) is 10.9 Å². The first-order chi connectivity index (χ1) is 17.7. The summed E-state index contributed by atoms with van der Waals surface area (Å²) in [6.07, 6.45) is 3.59. The number of nitrogens with two attached hydrogens (primary N) is 1. The van der Waals surface area contributed by atoms with Crippen molar-refractivity contribution in [3.8, 4) is 6.19 Å². The molecule has 12 nitrogen and oxygen atoms in total. The Labute approximate surface area is 220 Å². The minimum atomic E-state index is -1.45. The number of halogens is 2. The zero-order valence-corrected chi connectivity index (χ0v) is 20.6. The molecule has 0 saturated carbocycles.